The summed E-state index contributed by atoms with van der Waals surface area (Å²) in [6.45, 7) is 27.3. The number of anilines is 3. The molecule has 8 aromatic carbocycles. The second-order valence-electron chi connectivity index (χ2n) is 23.4. The molecular formula is C82H70N8O7S. The minimum Gasteiger partial charge on any atom is -0.462 e. The Morgan fingerprint density at radius 1 is 0.592 bits per heavy atom. The molecule has 486 valence electrons. The van der Waals surface area contributed by atoms with Gasteiger partial charge in [0.25, 0.3) is 5.70 Å². The summed E-state index contributed by atoms with van der Waals surface area (Å²) in [7, 11) is 0. The summed E-state index contributed by atoms with van der Waals surface area (Å²) in [5.41, 5.74) is 13.8. The maximum atomic E-state index is 12.8. The summed E-state index contributed by atoms with van der Waals surface area (Å²) in [5, 5.41) is 13.5. The van der Waals surface area contributed by atoms with Crippen LogP contribution in [0.15, 0.2) is 246 Å². The van der Waals surface area contributed by atoms with E-state index in [9.17, 15) is 19.2 Å². The molecule has 5 heterocycles. The van der Waals surface area contributed by atoms with Gasteiger partial charge in [0.2, 0.25) is 0 Å². The number of allylic oxidation sites excluding steroid dienone is 6. The van der Waals surface area contributed by atoms with E-state index in [1.54, 1.807) is 19.1 Å². The first kappa shape index (κ1) is 66.1. The molecular weight excluding hydrogens is 1240 g/mol. The van der Waals surface area contributed by atoms with Gasteiger partial charge in [0.15, 0.2) is 28.0 Å². The summed E-state index contributed by atoms with van der Waals surface area (Å²) < 4.78 is 18.4. The highest BCUT2D eigenvalue weighted by molar-refractivity contribution is 7.21. The maximum absolute atomic E-state index is 12.8. The van der Waals surface area contributed by atoms with Crippen molar-refractivity contribution in [3.05, 3.63) is 293 Å². The number of ketones is 1. The first-order valence-corrected chi connectivity index (χ1v) is 33.6. The Bertz CT molecular complexity index is 5550. The number of benzene rings is 9. The van der Waals surface area contributed by atoms with Crippen molar-refractivity contribution in [2.24, 2.45) is 0 Å². The maximum Gasteiger partial charge on any atom is 0.346 e. The number of H-pyrrole nitrogens is 1. The number of fused-ring (bicyclic) bond motifs is 10. The third-order valence-electron chi connectivity index (χ3n) is 17.5. The van der Waals surface area contributed by atoms with Crippen LogP contribution < -0.4 is 31.2 Å². The van der Waals surface area contributed by atoms with Crippen LogP contribution in [0.2, 0.25) is 0 Å². The highest BCUT2D eigenvalue weighted by atomic mass is 32.1. The van der Waals surface area contributed by atoms with E-state index >= 15 is 0 Å². The van der Waals surface area contributed by atoms with Gasteiger partial charge >= 0.3 is 5.63 Å². The fourth-order valence-corrected chi connectivity index (χ4v) is 13.4. The number of ether oxygens (including phenoxy) is 1. The number of nitrogens with zero attached hydrogens (tertiary/aromatic N) is 7. The zero-order valence-corrected chi connectivity index (χ0v) is 56.3. The standard InChI is InChI=1S/C21H21N3O.C21H13NO2.C20H18N2O2S.C20H18N2O2/c1-5-24(6-2)19-10-7-17(8-11-19)9-12-20-14-18(13-16(3)25-20)21(15-22)23-4;23-20-14-6-2-1-5-12(14)9-13-10-17-19(11-16(13)20)22-18-8-4-3-7-15(18)21(17)24;1-3-22(4-2)14-10-9-13-11-15(20(23)24-17(13)12-14)19-21-16-7-5-6-8-18(16)25-19;1-3-22(4-2)13-9-10-16-18(11-13)24-19-12-17(23)14-7-5-6-8-15(14)20(19)21-16/h7-14H,5-6H2,1-3H3;1-8,10-11H,9H2,(H,22,24);5-12H,3-4H2,1-2H3;5-12H,3-4H2,1-2H3/b12-9+,21-18+;;;. The molecule has 1 N–H and O–H groups in total. The van der Waals surface area contributed by atoms with Crippen LogP contribution >= 0.6 is 11.3 Å². The Balaban J connectivity index is 0.000000124. The Morgan fingerprint density at radius 3 is 1.95 bits per heavy atom. The Morgan fingerprint density at radius 2 is 1.23 bits per heavy atom. The van der Waals surface area contributed by atoms with Crippen LogP contribution in [0.25, 0.3) is 97.8 Å². The van der Waals surface area contributed by atoms with Crippen molar-refractivity contribution in [2.75, 3.05) is 54.0 Å². The number of hydrogen-bond acceptors (Lipinski definition) is 14. The van der Waals surface area contributed by atoms with E-state index in [4.69, 9.17) is 30.4 Å². The summed E-state index contributed by atoms with van der Waals surface area (Å²) in [4.78, 5) is 73.1. The lowest BCUT2D eigenvalue weighted by atomic mass is 9.84. The lowest BCUT2D eigenvalue weighted by Gasteiger charge is -2.21. The molecule has 2 aliphatic heterocycles. The first-order valence-electron chi connectivity index (χ1n) is 32.8. The van der Waals surface area contributed by atoms with Crippen molar-refractivity contribution in [2.45, 2.75) is 54.9 Å². The van der Waals surface area contributed by atoms with Crippen molar-refractivity contribution in [3.8, 4) is 28.1 Å². The second kappa shape index (κ2) is 29.3. The van der Waals surface area contributed by atoms with Gasteiger partial charge in [-0.05, 0) is 174 Å². The van der Waals surface area contributed by atoms with E-state index in [1.165, 1.54) is 23.1 Å². The van der Waals surface area contributed by atoms with E-state index in [0.29, 0.717) is 78.2 Å². The average Bonchev–Trinajstić information content (AvgIpc) is 0.923. The normalized spacial score (nSPS) is 12.8. The summed E-state index contributed by atoms with van der Waals surface area (Å²) in [5.74, 6) is 1.83. The second-order valence-corrected chi connectivity index (χ2v) is 24.4. The van der Waals surface area contributed by atoms with Gasteiger partial charge in [0.1, 0.15) is 33.3 Å². The van der Waals surface area contributed by atoms with Gasteiger partial charge in [-0.2, -0.15) is 0 Å². The minimum absolute atomic E-state index is 0.00783. The van der Waals surface area contributed by atoms with Crippen molar-refractivity contribution in [3.63, 3.8) is 0 Å². The quantitative estimate of drug-likeness (QED) is 0.0401. The smallest absolute Gasteiger partial charge is 0.346 e. The van der Waals surface area contributed by atoms with Crippen LogP contribution in [0, 0.1) is 17.9 Å². The number of carbonyl (C=O) groups excluding carboxylic acids is 1. The van der Waals surface area contributed by atoms with Crippen LogP contribution in [0.5, 0.6) is 0 Å². The molecule has 3 aromatic heterocycles. The number of carbonyl (C=O) groups is 1. The molecule has 0 spiro atoms. The lowest BCUT2D eigenvalue weighted by molar-refractivity contribution is 0.103. The van der Waals surface area contributed by atoms with Gasteiger partial charge in [0.05, 0.1) is 33.9 Å². The van der Waals surface area contributed by atoms with Gasteiger partial charge in [0, 0.05) is 118 Å². The van der Waals surface area contributed by atoms with Crippen molar-refractivity contribution < 1.29 is 18.4 Å². The first-order chi connectivity index (χ1) is 47.7. The highest BCUT2D eigenvalue weighted by Crippen LogP contribution is 2.35. The number of hydrogen-bond donors (Lipinski definition) is 1. The Kier molecular flexibility index (Phi) is 19.8. The molecule has 11 aromatic rings. The van der Waals surface area contributed by atoms with E-state index < -0.39 is 0 Å². The zero-order valence-electron chi connectivity index (χ0n) is 55.5. The predicted octanol–water partition coefficient (Wildman–Crippen LogP) is 18.1. The zero-order chi connectivity index (χ0) is 68.6. The van der Waals surface area contributed by atoms with Gasteiger partial charge in [-0.25, -0.2) is 24.9 Å². The average molecular weight is 1310 g/mol. The number of rotatable bonds is 12. The molecule has 0 saturated heterocycles. The molecule has 0 amide bonds. The molecule has 2 aliphatic carbocycles. The molecule has 0 atom stereocenters. The van der Waals surface area contributed by atoms with Crippen LogP contribution in [0.4, 0.5) is 17.1 Å². The molecule has 4 aliphatic rings. The summed E-state index contributed by atoms with van der Waals surface area (Å²) >= 11 is 1.51. The van der Waals surface area contributed by atoms with Crippen molar-refractivity contribution in [1.29, 1.82) is 5.26 Å². The Labute approximate surface area is 570 Å². The van der Waals surface area contributed by atoms with Crippen molar-refractivity contribution >= 4 is 105 Å². The molecule has 16 heteroatoms. The number of para-hydroxylation sites is 2. The number of pyridine rings is 1. The van der Waals surface area contributed by atoms with Crippen LogP contribution in [0.3, 0.4) is 0 Å². The highest BCUT2D eigenvalue weighted by Gasteiger charge is 2.25. The topological polar surface area (TPSA) is 183 Å². The molecule has 98 heavy (non-hydrogen) atoms. The van der Waals surface area contributed by atoms with Crippen LogP contribution in [0.1, 0.15) is 81.1 Å². The van der Waals surface area contributed by atoms with Gasteiger partial charge in [-0.15, -0.1) is 11.3 Å². The summed E-state index contributed by atoms with van der Waals surface area (Å²) in [6.07, 6.45) is 7.90. The molecule has 0 fully saturated rings. The molecule has 0 radical (unpaired) electrons. The van der Waals surface area contributed by atoms with Gasteiger partial charge < -0.3 is 33.3 Å². The van der Waals surface area contributed by atoms with Gasteiger partial charge in [-0.1, -0.05) is 91.0 Å². The van der Waals surface area contributed by atoms with E-state index in [-0.39, 0.29) is 28.0 Å². The van der Waals surface area contributed by atoms with Crippen LogP contribution in [-0.2, 0) is 11.2 Å². The third-order valence-corrected chi connectivity index (χ3v) is 18.6. The largest absolute Gasteiger partial charge is 0.462 e. The number of thiazole rings is 1. The fraction of sp³-hybridized carbons (Fsp3) is 0.171. The van der Waals surface area contributed by atoms with Gasteiger partial charge in [-0.3, -0.25) is 14.4 Å². The molecule has 15 nitrogen and oxygen atoms in total. The monoisotopic (exact) mass is 1310 g/mol. The lowest BCUT2D eigenvalue weighted by Crippen LogP contribution is -2.21. The SMILES string of the molecule is CCN(CC)c1ccc2cc(-c3nc4ccccc4s3)c(=O)oc2c1.CCN(CC)c1ccc2nc3c4ccccc4c(=O)cc-3oc2c1.O=C1c2ccccc2Cc2cc3c(=O)c4ccccc4[nH]c3cc21.[C-]#[N+]/C(C#N)=C1\C=C(C)OC(/C=C/c2ccc(N(CC)CC)cc2)=C1. The third kappa shape index (κ3) is 13.8. The number of nitrogens with one attached hydrogen (secondary N) is 1. The summed E-state index contributed by atoms with van der Waals surface area (Å²) in [6, 6.07) is 60.0. The molecule has 0 unspecified atom stereocenters. The number of aromatic nitrogens is 3. The number of nitriles is 1. The molecule has 15 rings (SSSR count). The van der Waals surface area contributed by atoms with Crippen LogP contribution in [-0.4, -0.2) is 60.0 Å². The minimum atomic E-state index is -0.344. The van der Waals surface area contributed by atoms with Crippen molar-refractivity contribution in [1.82, 2.24) is 15.0 Å². The Hall–Kier alpha value is -12.0. The number of aromatic amines is 1. The van der Waals surface area contributed by atoms with E-state index in [0.717, 1.165) is 111 Å². The van der Waals surface area contributed by atoms with E-state index in [2.05, 4.69) is 107 Å². The predicted molar refractivity (Wildman–Crippen MR) is 399 cm³/mol. The molecule has 0 bridgehead atoms. The molecule has 0 saturated carbocycles. The fourth-order valence-electron chi connectivity index (χ4n) is 12.4. The van der Waals surface area contributed by atoms with E-state index in [1.807, 2.05) is 158 Å².